The number of aliphatic carboxylic acids is 4. The number of amides is 5. The van der Waals surface area contributed by atoms with Gasteiger partial charge in [-0.2, -0.15) is 12.8 Å². The minimum absolute atomic E-state index is 0.0434. The van der Waals surface area contributed by atoms with E-state index in [9.17, 15) is 114 Å². The Bertz CT molecular complexity index is 4080. The summed E-state index contributed by atoms with van der Waals surface area (Å²) in [7, 11) is -12.1. The Labute approximate surface area is 670 Å². The van der Waals surface area contributed by atoms with E-state index >= 15 is 0 Å². The van der Waals surface area contributed by atoms with Crippen LogP contribution < -0.4 is 42.1 Å². The quantitative estimate of drug-likeness (QED) is 0.0177. The molecule has 2 aliphatic heterocycles. The predicted octanol–water partition coefficient (Wildman–Crippen LogP) is -1.51. The second kappa shape index (κ2) is 47.7. The van der Waals surface area contributed by atoms with Crippen molar-refractivity contribution < 1.29 is 138 Å². The molecule has 2 fully saturated rings. The predicted molar refractivity (Wildman–Crippen MR) is 417 cm³/mol. The van der Waals surface area contributed by atoms with E-state index in [2.05, 4.69) is 46.3 Å². The summed E-state index contributed by atoms with van der Waals surface area (Å²) in [6, 6.07) is 6.55. The molecule has 19 N–H and O–H groups in total. The number of carboxylic acids is 4. The molecule has 47 heteroatoms. The Morgan fingerprint density at radius 1 is 0.655 bits per heavy atom. The molecule has 6 atom stereocenters. The van der Waals surface area contributed by atoms with Gasteiger partial charge in [-0.05, 0) is 80.5 Å². The molecule has 6 rings (SSSR count). The van der Waals surface area contributed by atoms with Gasteiger partial charge in [0.25, 0.3) is 15.9 Å². The Kier molecular flexibility index (Phi) is 39.5. The zero-order chi connectivity index (χ0) is 85.3. The largest absolute Gasteiger partial charge is 0.494 e. The number of aromatic nitrogens is 3. The molecule has 116 heavy (non-hydrogen) atoms. The molecule has 2 aliphatic rings. The van der Waals surface area contributed by atoms with Gasteiger partial charge < -0.3 is 128 Å². The van der Waals surface area contributed by atoms with Gasteiger partial charge in [0.1, 0.15) is 40.9 Å². The van der Waals surface area contributed by atoms with Crippen LogP contribution in [0, 0.1) is 13.8 Å². The maximum Gasteiger partial charge on any atom is 0.353 e. The number of hydrogen-bond acceptors (Lipinski definition) is 32. The number of imidazole rings is 1. The van der Waals surface area contributed by atoms with E-state index in [0.29, 0.717) is 44.0 Å². The molecule has 4 heterocycles. The van der Waals surface area contributed by atoms with Crippen molar-refractivity contribution in [2.24, 2.45) is 11.4 Å². The number of hydrogen-bond donors (Lipinski definition) is 19. The average molecular weight is 1710 g/mol. The molecule has 0 spiro atoms. The van der Waals surface area contributed by atoms with E-state index < -0.39 is 165 Å². The minimum Gasteiger partial charge on any atom is -0.494 e. The maximum absolute atomic E-state index is 13.9. The zero-order valence-corrected chi connectivity index (χ0v) is 66.7. The van der Waals surface area contributed by atoms with Crippen molar-refractivity contribution in [3.05, 3.63) is 81.4 Å². The minimum atomic E-state index is -4.73. The number of aliphatic hydroxyl groups excluding tert-OH is 2. The lowest BCUT2D eigenvalue weighted by Gasteiger charge is -2.47. The summed E-state index contributed by atoms with van der Waals surface area (Å²) >= 11 is 0. The van der Waals surface area contributed by atoms with E-state index in [1.54, 1.807) is 61.8 Å². The summed E-state index contributed by atoms with van der Waals surface area (Å²) in [5, 5.41) is 74.2. The molecule has 4 aromatic rings. The van der Waals surface area contributed by atoms with E-state index in [-0.39, 0.29) is 176 Å². The van der Waals surface area contributed by atoms with Crippen LogP contribution in [0.15, 0.2) is 63.0 Å². The number of fused-ring (bicyclic) bond motifs is 1. The highest BCUT2D eigenvalue weighted by Gasteiger charge is 2.53. The molecular weight excluding hydrogens is 1600 g/mol. The number of ether oxygens (including phenoxy) is 6. The van der Waals surface area contributed by atoms with E-state index in [1.807, 2.05) is 0 Å². The molecule has 44 nitrogen and oxygen atoms in total. The van der Waals surface area contributed by atoms with Crippen molar-refractivity contribution in [3.63, 3.8) is 0 Å². The van der Waals surface area contributed by atoms with Crippen LogP contribution in [0.5, 0.6) is 5.75 Å². The van der Waals surface area contributed by atoms with Gasteiger partial charge in [-0.15, -0.1) is 0 Å². The van der Waals surface area contributed by atoms with Gasteiger partial charge in [-0.25, -0.2) is 9.78 Å². The number of nitrogens with zero attached hydrogens (tertiary/aromatic N) is 7. The summed E-state index contributed by atoms with van der Waals surface area (Å²) in [4.78, 5) is 141. The standard InChI is InChI=1S/C69H106N14O30S3/c1-44-33-47(34-45(2)63(44)115(103,104)78-51(67(98)99)37-75-65(96)49-38-79(3)52-35-46(8-9-48(52)60(49)93)36-76-69-73-14-15-74-69)111-27-4-7-54(84)70-12-5-25-108-29-31-110-32-30-109-26-6-13-72-66(97)50(10-11-55(85)71-16-28-112-68-62(95)64(116(105,106)107)61(94)53(113-68)43-114(100,101)102)77-56(86)39-80-17-19-81(40-57(87)88)21-23-83(42-59(91)92)24-22-82(20-18-80)41-58(89)90/h8-9,14-15,33-35,38,50,53,61-62,64,68,94-95,100-102,105-107H,4-7,10-13,16-32,36-37,39-43H2,1-3H3,(H,70,84)(H,71,85)(H,72,97)(H,75,96)(H,77,86)(H,87,88)(H,89,90)(H,91,92)(H,98,99)(H2,73,74,76)/t50-,53?,61?,62?,64?,68?/m1/s1. The van der Waals surface area contributed by atoms with E-state index in [4.69, 9.17) is 28.4 Å². The summed E-state index contributed by atoms with van der Waals surface area (Å²) in [6.07, 6.45) is -2.86. The molecule has 5 amide bonds. The highest BCUT2D eigenvalue weighted by atomic mass is 32.3. The molecule has 5 unspecified atom stereocenters. The lowest BCUT2D eigenvalue weighted by atomic mass is 10.0. The first-order valence-electron chi connectivity index (χ1n) is 36.8. The number of sulfonamides is 1. The van der Waals surface area contributed by atoms with Crippen molar-refractivity contribution in [2.45, 2.75) is 99.7 Å². The van der Waals surface area contributed by atoms with Crippen LogP contribution in [0.4, 0.5) is 5.95 Å². The molecule has 0 saturated carbocycles. The lowest BCUT2D eigenvalue weighted by molar-refractivity contribution is -0.258. The first-order chi connectivity index (χ1) is 54.9. The highest BCUT2D eigenvalue weighted by molar-refractivity contribution is 8.20. The fourth-order valence-electron chi connectivity index (χ4n) is 12.3. The summed E-state index contributed by atoms with van der Waals surface area (Å²) < 4.78 is 124. The first kappa shape index (κ1) is 96.2. The van der Waals surface area contributed by atoms with Gasteiger partial charge in [-0.3, -0.25) is 62.8 Å². The lowest BCUT2D eigenvalue weighted by Crippen LogP contribution is -2.60. The molecule has 650 valence electrons. The summed E-state index contributed by atoms with van der Waals surface area (Å²) in [5.41, 5.74) is -0.149. The normalized spacial score (nSPS) is 18.5. The molecule has 2 aromatic heterocycles. The van der Waals surface area contributed by atoms with E-state index in [1.165, 1.54) is 32.2 Å². The number of pyridine rings is 1. The van der Waals surface area contributed by atoms with Gasteiger partial charge in [0.15, 0.2) is 18.0 Å². The number of carboxylic acid groups (broad SMARTS) is 4. The summed E-state index contributed by atoms with van der Waals surface area (Å²) in [6.45, 7) is 2.62. The highest BCUT2D eigenvalue weighted by Crippen LogP contribution is 2.49. The fourth-order valence-corrected chi connectivity index (χ4v) is 15.5. The molecule has 2 saturated heterocycles. The van der Waals surface area contributed by atoms with E-state index in [0.717, 1.165) is 5.56 Å². The Morgan fingerprint density at radius 2 is 1.20 bits per heavy atom. The van der Waals surface area contributed by atoms with Crippen LogP contribution in [0.25, 0.3) is 10.9 Å². The Balaban J connectivity index is 0.882. The van der Waals surface area contributed by atoms with Gasteiger partial charge in [-0.1, -0.05) is 6.07 Å². The molecular formula is C69H106N14O30S3. The van der Waals surface area contributed by atoms with Crippen LogP contribution in [-0.2, 0) is 85.7 Å². The molecule has 0 bridgehead atoms. The van der Waals surface area contributed by atoms with Gasteiger partial charge in [0.2, 0.25) is 29.1 Å². The average Bonchev–Trinajstić information content (AvgIpc) is 0.800. The fraction of sp³-hybridized carbons (Fsp3) is 0.594. The van der Waals surface area contributed by atoms with Crippen LogP contribution in [-0.4, -0.2) is 359 Å². The number of carbonyl (C=O) groups excluding carboxylic acids is 5. The topological polar surface area (TPSA) is 634 Å². The van der Waals surface area contributed by atoms with Gasteiger partial charge >= 0.3 is 23.9 Å². The Morgan fingerprint density at radius 3 is 1.73 bits per heavy atom. The summed E-state index contributed by atoms with van der Waals surface area (Å²) in [5.74, 6) is -8.71. The van der Waals surface area contributed by atoms with Crippen LogP contribution in [0.3, 0.4) is 0 Å². The number of aliphatic hydroxyl groups is 2. The number of carbonyl (C=O) groups is 9. The van der Waals surface area contributed by atoms with Crippen molar-refractivity contribution in [2.75, 3.05) is 169 Å². The number of rotatable bonds is 48. The van der Waals surface area contributed by atoms with Crippen LogP contribution >= 0.6 is 21.7 Å². The monoisotopic (exact) mass is 1710 g/mol. The molecule has 0 radical (unpaired) electrons. The second-order valence-electron chi connectivity index (χ2n) is 27.2. The van der Waals surface area contributed by atoms with Crippen molar-refractivity contribution >= 4 is 108 Å². The molecule has 0 aliphatic carbocycles. The zero-order valence-electron chi connectivity index (χ0n) is 64.3. The number of benzene rings is 2. The SMILES string of the molecule is Cc1cc(OCCCC(=O)NCCCOCCOCCOCCCNC(=O)[C@@H](CCC(=O)NCCOC2OC(CS(O)(O)O)C(O)C(S(O)(O)O)C2O)NC(=O)CN2CCN(CC(=O)O)CCN(CC(=O)O)CCN(CC(=O)O)CC2)cc(C)c1S(=O)(=O)N=C(CNC(=O)c1cn(C)c2cc(CNc3ncc[nH]3)ccc2c1=O)C(=O)O. The number of aromatic amines is 1. The molecule has 2 aromatic carbocycles. The first-order valence-corrected chi connectivity index (χ1v) is 41.5. The third kappa shape index (κ3) is 33.7. The number of aryl methyl sites for hydroxylation is 3. The van der Waals surface area contributed by atoms with Gasteiger partial charge in [0.05, 0.1) is 110 Å². The number of anilines is 1. The number of H-pyrrole nitrogens is 1. The second-order valence-corrected chi connectivity index (χ2v) is 32.0. The third-order valence-electron chi connectivity index (χ3n) is 17.9. The maximum atomic E-state index is 13.9. The Hall–Kier alpha value is -8.67. The smallest absolute Gasteiger partial charge is 0.353 e. The van der Waals surface area contributed by atoms with Gasteiger partial charge in [0, 0.05) is 136 Å². The van der Waals surface area contributed by atoms with Crippen molar-refractivity contribution in [1.29, 1.82) is 0 Å². The third-order valence-corrected chi connectivity index (χ3v) is 21.6. The van der Waals surface area contributed by atoms with Crippen LogP contribution in [0.2, 0.25) is 0 Å². The number of nitrogens with one attached hydrogen (secondary N) is 7. The van der Waals surface area contributed by atoms with Crippen LogP contribution in [0.1, 0.15) is 65.6 Å². The van der Waals surface area contributed by atoms with Crippen molar-refractivity contribution in [1.82, 2.24) is 60.7 Å². The van der Waals surface area contributed by atoms with Crippen molar-refractivity contribution in [3.8, 4) is 5.75 Å².